The standard InChI is InChI=1S/C30H40N2O5S/c1-5-15-31(22-19-20(3)11-12-21(22)4)28(35)26-30-14-13-23(38-30)24(29(36)37-18-6-2)25(30)27(34)32(26)16-9-7-8-10-17-33/h5-6,11-12,19,23-26,33H,1-2,7-10,13-18H2,3-4H3/t23-,24+,25-,26?,30?/m0/s1. The summed E-state index contributed by atoms with van der Waals surface area (Å²) in [6, 6.07) is 5.38. The lowest BCUT2D eigenvalue weighted by Crippen LogP contribution is -2.55. The normalized spacial score (nSPS) is 27.3. The van der Waals surface area contributed by atoms with Crippen LogP contribution in [0.3, 0.4) is 0 Å². The second-order valence-corrected chi connectivity index (χ2v) is 12.3. The van der Waals surface area contributed by atoms with Gasteiger partial charge in [0.05, 0.1) is 16.6 Å². The smallest absolute Gasteiger partial charge is 0.311 e. The molecule has 0 radical (unpaired) electrons. The molecule has 3 fully saturated rings. The topological polar surface area (TPSA) is 87.2 Å². The second-order valence-electron chi connectivity index (χ2n) is 10.7. The van der Waals surface area contributed by atoms with E-state index in [2.05, 4.69) is 13.2 Å². The fourth-order valence-electron chi connectivity index (χ4n) is 6.52. The molecule has 2 amide bonds. The van der Waals surface area contributed by atoms with Crippen molar-refractivity contribution in [2.24, 2.45) is 11.8 Å². The summed E-state index contributed by atoms with van der Waals surface area (Å²) in [6.45, 7) is 12.6. The molecule has 3 heterocycles. The van der Waals surface area contributed by atoms with E-state index in [9.17, 15) is 14.4 Å². The van der Waals surface area contributed by atoms with Gasteiger partial charge in [0.25, 0.3) is 5.91 Å². The van der Waals surface area contributed by atoms with Crippen molar-refractivity contribution in [3.63, 3.8) is 0 Å². The number of carbonyl (C=O) groups excluding carboxylic acids is 3. The third-order valence-electron chi connectivity index (χ3n) is 8.19. The van der Waals surface area contributed by atoms with Crippen LogP contribution in [0.15, 0.2) is 43.5 Å². The maximum atomic E-state index is 14.6. The van der Waals surface area contributed by atoms with Crippen molar-refractivity contribution >= 4 is 35.2 Å². The van der Waals surface area contributed by atoms with Crippen molar-refractivity contribution < 1.29 is 24.2 Å². The van der Waals surface area contributed by atoms with Crippen LogP contribution in [-0.4, -0.2) is 70.1 Å². The number of likely N-dealkylation sites (tertiary alicyclic amines) is 1. The molecule has 4 rings (SSSR count). The van der Waals surface area contributed by atoms with Crippen molar-refractivity contribution in [2.45, 2.75) is 68.4 Å². The predicted octanol–water partition coefficient (Wildman–Crippen LogP) is 4.20. The highest BCUT2D eigenvalue weighted by molar-refractivity contribution is 8.02. The van der Waals surface area contributed by atoms with E-state index in [1.807, 2.05) is 32.0 Å². The molecule has 1 aromatic carbocycles. The zero-order chi connectivity index (χ0) is 27.4. The Morgan fingerprint density at radius 2 is 1.97 bits per heavy atom. The SMILES string of the molecule is C=CCOC(=O)[C@@H]1[C@@H]2CCC3(S2)C(C(=O)N(CC=C)c2cc(C)ccc2C)N(CCCCCCO)C(=O)[C@H]13. The zero-order valence-electron chi connectivity index (χ0n) is 22.6. The number of esters is 1. The minimum absolute atomic E-state index is 0.0307. The largest absolute Gasteiger partial charge is 0.461 e. The molecule has 3 aliphatic rings. The van der Waals surface area contributed by atoms with Crippen LogP contribution in [0, 0.1) is 25.7 Å². The molecule has 1 N–H and O–H groups in total. The summed E-state index contributed by atoms with van der Waals surface area (Å²) < 4.78 is 4.79. The number of carbonyl (C=O) groups is 3. The van der Waals surface area contributed by atoms with Gasteiger partial charge >= 0.3 is 5.97 Å². The van der Waals surface area contributed by atoms with Crippen molar-refractivity contribution in [3.8, 4) is 0 Å². The molecule has 1 aromatic rings. The van der Waals surface area contributed by atoms with Gasteiger partial charge in [-0.1, -0.05) is 43.7 Å². The number of rotatable bonds is 13. The van der Waals surface area contributed by atoms with Gasteiger partial charge in [0.2, 0.25) is 5.91 Å². The summed E-state index contributed by atoms with van der Waals surface area (Å²) in [7, 11) is 0. The van der Waals surface area contributed by atoms with Gasteiger partial charge in [0.15, 0.2) is 0 Å². The quantitative estimate of drug-likeness (QED) is 0.229. The number of aryl methyl sites for hydroxylation is 2. The van der Waals surface area contributed by atoms with E-state index in [-0.39, 0.29) is 36.2 Å². The van der Waals surface area contributed by atoms with E-state index in [0.29, 0.717) is 13.1 Å². The molecule has 1 spiro atoms. The number of nitrogens with zero attached hydrogens (tertiary/aromatic N) is 2. The van der Waals surface area contributed by atoms with E-state index in [0.717, 1.165) is 55.3 Å². The number of hydrogen-bond donors (Lipinski definition) is 1. The predicted molar refractivity (Wildman–Crippen MR) is 151 cm³/mol. The fourth-order valence-corrected chi connectivity index (χ4v) is 8.72. The number of anilines is 1. The zero-order valence-corrected chi connectivity index (χ0v) is 23.4. The molecule has 7 nitrogen and oxygen atoms in total. The lowest BCUT2D eigenvalue weighted by atomic mass is 9.71. The van der Waals surface area contributed by atoms with Crippen LogP contribution < -0.4 is 4.90 Å². The highest BCUT2D eigenvalue weighted by atomic mass is 32.2. The van der Waals surface area contributed by atoms with Crippen LogP contribution in [0.25, 0.3) is 0 Å². The maximum Gasteiger partial charge on any atom is 0.311 e. The first-order valence-corrected chi connectivity index (χ1v) is 14.5. The number of ether oxygens (including phenoxy) is 1. The van der Waals surface area contributed by atoms with Gasteiger partial charge in [0, 0.05) is 30.6 Å². The monoisotopic (exact) mass is 540 g/mol. The number of thioether (sulfide) groups is 1. The average molecular weight is 541 g/mol. The Bertz CT molecular complexity index is 1090. The molecule has 8 heteroatoms. The van der Waals surface area contributed by atoms with Crippen LogP contribution in [0.5, 0.6) is 0 Å². The summed E-state index contributed by atoms with van der Waals surface area (Å²) in [6.07, 6.45) is 7.94. The molecular formula is C30H40N2O5S. The number of aliphatic hydroxyl groups is 1. The van der Waals surface area contributed by atoms with Gasteiger partial charge in [-0.15, -0.1) is 18.3 Å². The summed E-state index contributed by atoms with van der Waals surface area (Å²) in [5.74, 6) is -1.71. The van der Waals surface area contributed by atoms with E-state index in [1.165, 1.54) is 6.08 Å². The van der Waals surface area contributed by atoms with Gasteiger partial charge < -0.3 is 19.6 Å². The first-order valence-electron chi connectivity index (χ1n) is 13.7. The number of amides is 2. The van der Waals surface area contributed by atoms with Gasteiger partial charge in [-0.3, -0.25) is 14.4 Å². The molecule has 38 heavy (non-hydrogen) atoms. The number of aliphatic hydroxyl groups excluding tert-OH is 1. The Morgan fingerprint density at radius 3 is 2.68 bits per heavy atom. The fraction of sp³-hybridized carbons (Fsp3) is 0.567. The van der Waals surface area contributed by atoms with E-state index in [4.69, 9.17) is 9.84 Å². The first kappa shape index (κ1) is 28.4. The second kappa shape index (κ2) is 12.1. The minimum Gasteiger partial charge on any atom is -0.461 e. The van der Waals surface area contributed by atoms with Crippen molar-refractivity contribution in [3.05, 3.63) is 54.6 Å². The molecule has 0 saturated carbocycles. The molecule has 3 aliphatic heterocycles. The Balaban J connectivity index is 1.72. The van der Waals surface area contributed by atoms with Crippen LogP contribution in [0.4, 0.5) is 5.69 Å². The van der Waals surface area contributed by atoms with Crippen LogP contribution in [0.2, 0.25) is 0 Å². The molecule has 5 atom stereocenters. The third kappa shape index (κ3) is 5.05. The minimum atomic E-state index is -0.662. The van der Waals surface area contributed by atoms with Crippen molar-refractivity contribution in [1.29, 1.82) is 0 Å². The third-order valence-corrected chi connectivity index (χ3v) is 10.1. The summed E-state index contributed by atoms with van der Waals surface area (Å²) in [4.78, 5) is 45.3. The highest BCUT2D eigenvalue weighted by Crippen LogP contribution is 2.66. The summed E-state index contributed by atoms with van der Waals surface area (Å²) in [5.41, 5.74) is 2.85. The number of benzene rings is 1. The average Bonchev–Trinajstić information content (AvgIpc) is 3.54. The Labute approximate surface area is 230 Å². The molecular weight excluding hydrogens is 500 g/mol. The Hall–Kier alpha value is -2.58. The lowest BCUT2D eigenvalue weighted by molar-refractivity contribution is -0.153. The Morgan fingerprint density at radius 1 is 1.21 bits per heavy atom. The molecule has 3 saturated heterocycles. The van der Waals surface area contributed by atoms with Gasteiger partial charge in [-0.25, -0.2) is 0 Å². The maximum absolute atomic E-state index is 14.6. The van der Waals surface area contributed by atoms with Crippen molar-refractivity contribution in [2.75, 3.05) is 31.2 Å². The number of hydrogen-bond acceptors (Lipinski definition) is 6. The highest BCUT2D eigenvalue weighted by Gasteiger charge is 2.74. The van der Waals surface area contributed by atoms with Gasteiger partial charge in [-0.05, 0) is 56.7 Å². The van der Waals surface area contributed by atoms with E-state index in [1.54, 1.807) is 27.6 Å². The Kier molecular flexibility index (Phi) is 9.04. The number of fused-ring (bicyclic) bond motifs is 1. The molecule has 0 aromatic heterocycles. The van der Waals surface area contributed by atoms with Gasteiger partial charge in [0.1, 0.15) is 12.6 Å². The summed E-state index contributed by atoms with van der Waals surface area (Å²) >= 11 is 1.65. The molecule has 206 valence electrons. The summed E-state index contributed by atoms with van der Waals surface area (Å²) in [5, 5.41) is 9.11. The number of unbranched alkanes of at least 4 members (excludes halogenated alkanes) is 3. The van der Waals surface area contributed by atoms with Gasteiger partial charge in [-0.2, -0.15) is 0 Å². The molecule has 2 bridgehead atoms. The molecule has 2 unspecified atom stereocenters. The van der Waals surface area contributed by atoms with Crippen LogP contribution in [-0.2, 0) is 19.1 Å². The van der Waals surface area contributed by atoms with E-state index >= 15 is 0 Å². The first-order chi connectivity index (χ1) is 18.3. The molecule has 0 aliphatic carbocycles. The van der Waals surface area contributed by atoms with Crippen molar-refractivity contribution in [1.82, 2.24) is 4.90 Å². The van der Waals surface area contributed by atoms with Crippen LogP contribution in [0.1, 0.15) is 49.7 Å². The van der Waals surface area contributed by atoms with E-state index < -0.39 is 22.6 Å². The lowest BCUT2D eigenvalue weighted by Gasteiger charge is -2.37. The van der Waals surface area contributed by atoms with Crippen LogP contribution >= 0.6 is 11.8 Å².